The molecule has 106 valence electrons. The molecule has 1 fully saturated rings. The van der Waals surface area contributed by atoms with E-state index in [-0.39, 0.29) is 0 Å². The number of aryl methyl sites for hydroxylation is 1. The highest BCUT2D eigenvalue weighted by Gasteiger charge is 1.94. The fourth-order valence-corrected chi connectivity index (χ4v) is 1.51. The van der Waals surface area contributed by atoms with Crippen LogP contribution >= 0.6 is 0 Å². The predicted molar refractivity (Wildman–Crippen MR) is 85.2 cm³/mol. The first-order valence-electron chi connectivity index (χ1n) is 7.62. The normalized spacial score (nSPS) is 13.4. The maximum atomic E-state index is 3.35. The average molecular weight is 251 g/mol. The maximum absolute atomic E-state index is 3.35. The van der Waals surface area contributed by atoms with Gasteiger partial charge in [0.05, 0.1) is 0 Å². The van der Waals surface area contributed by atoms with Crippen molar-refractivity contribution in [2.75, 3.05) is 13.1 Å². The number of hydrogen-bond donors (Lipinski definition) is 1. The molecule has 0 unspecified atom stereocenters. The average Bonchev–Trinajstić information content (AvgIpc) is 2.77. The Bertz CT molecular complexity index is 199. The highest BCUT2D eigenvalue weighted by Crippen LogP contribution is 2.00. The minimum absolute atomic E-state index is 1.25. The van der Waals surface area contributed by atoms with E-state index in [1.807, 2.05) is 45.9 Å². The molecule has 1 saturated heterocycles. The Labute approximate surface area is 115 Å². The van der Waals surface area contributed by atoms with Gasteiger partial charge in [0, 0.05) is 0 Å². The molecule has 0 bridgehead atoms. The van der Waals surface area contributed by atoms with E-state index in [0.717, 1.165) is 0 Å². The van der Waals surface area contributed by atoms with E-state index >= 15 is 0 Å². The van der Waals surface area contributed by atoms with Gasteiger partial charge < -0.3 is 5.32 Å². The van der Waals surface area contributed by atoms with Crippen LogP contribution < -0.4 is 5.32 Å². The van der Waals surface area contributed by atoms with Gasteiger partial charge in [0.25, 0.3) is 0 Å². The van der Waals surface area contributed by atoms with E-state index in [2.05, 4.69) is 24.4 Å². The Kier molecular flexibility index (Phi) is 20.1. The molecule has 0 radical (unpaired) electrons. The fourth-order valence-electron chi connectivity index (χ4n) is 1.51. The molecule has 1 aliphatic heterocycles. The third-order valence-corrected chi connectivity index (χ3v) is 2.40. The zero-order valence-corrected chi connectivity index (χ0v) is 13.1. The highest BCUT2D eigenvalue weighted by molar-refractivity contribution is 5.11. The van der Waals surface area contributed by atoms with Gasteiger partial charge in [-0.3, -0.25) is 0 Å². The summed E-state index contributed by atoms with van der Waals surface area (Å²) in [5.74, 6) is 0. The van der Waals surface area contributed by atoms with Crippen molar-refractivity contribution in [3.8, 4) is 0 Å². The molecule has 1 aromatic carbocycles. The maximum Gasteiger partial charge on any atom is -0.00489 e. The van der Waals surface area contributed by atoms with Crippen molar-refractivity contribution >= 4 is 0 Å². The fraction of sp³-hybridized carbons (Fsp3) is 0.647. The van der Waals surface area contributed by atoms with Crippen molar-refractivity contribution in [2.45, 2.75) is 60.3 Å². The summed E-state index contributed by atoms with van der Waals surface area (Å²) in [7, 11) is 0. The minimum Gasteiger partial charge on any atom is -0.317 e. The third-order valence-electron chi connectivity index (χ3n) is 2.40. The van der Waals surface area contributed by atoms with Crippen molar-refractivity contribution in [2.24, 2.45) is 0 Å². The quantitative estimate of drug-likeness (QED) is 0.668. The molecule has 18 heavy (non-hydrogen) atoms. The van der Waals surface area contributed by atoms with Gasteiger partial charge in [0.2, 0.25) is 0 Å². The van der Waals surface area contributed by atoms with Gasteiger partial charge in [-0.15, -0.1) is 0 Å². The second kappa shape index (κ2) is 18.5. The molecule has 1 nitrogen and oxygen atoms in total. The Morgan fingerprint density at radius 1 is 0.722 bits per heavy atom. The molecule has 0 aromatic heterocycles. The molecule has 1 heteroatoms. The molecule has 0 amide bonds. The van der Waals surface area contributed by atoms with Crippen LogP contribution in [0.3, 0.4) is 0 Å². The third kappa shape index (κ3) is 15.2. The molecule has 1 aromatic rings. The molecule has 0 atom stereocenters. The van der Waals surface area contributed by atoms with Crippen LogP contribution in [-0.2, 0) is 0 Å². The van der Waals surface area contributed by atoms with Crippen molar-refractivity contribution in [1.82, 2.24) is 5.32 Å². The molecule has 0 spiro atoms. The van der Waals surface area contributed by atoms with Gasteiger partial charge in [-0.1, -0.05) is 76.4 Å². The van der Waals surface area contributed by atoms with E-state index < -0.39 is 0 Å². The van der Waals surface area contributed by atoms with Crippen LogP contribution in [-0.4, -0.2) is 13.1 Å². The molecular weight excluding hydrogens is 218 g/mol. The zero-order valence-electron chi connectivity index (χ0n) is 13.1. The molecule has 1 heterocycles. The summed E-state index contributed by atoms with van der Waals surface area (Å²) in [5, 5.41) is 3.35. The van der Waals surface area contributed by atoms with Crippen LogP contribution in [0.1, 0.15) is 58.9 Å². The number of nitrogens with one attached hydrogen (secondary N) is 1. The summed E-state index contributed by atoms with van der Waals surface area (Å²) in [4.78, 5) is 0. The SMILES string of the molecule is C1CCCNCC1.CC.CC.Cc1ccccc1. The van der Waals surface area contributed by atoms with E-state index in [1.165, 1.54) is 44.3 Å². The lowest BCUT2D eigenvalue weighted by molar-refractivity contribution is 0.702. The number of hydrogen-bond acceptors (Lipinski definition) is 1. The van der Waals surface area contributed by atoms with E-state index in [4.69, 9.17) is 0 Å². The highest BCUT2D eigenvalue weighted by atomic mass is 14.8. The van der Waals surface area contributed by atoms with E-state index in [1.54, 1.807) is 0 Å². The topological polar surface area (TPSA) is 12.0 Å². The van der Waals surface area contributed by atoms with Gasteiger partial charge in [-0.25, -0.2) is 0 Å². The van der Waals surface area contributed by atoms with Gasteiger partial charge in [-0.05, 0) is 32.9 Å². The van der Waals surface area contributed by atoms with Crippen LogP contribution in [0, 0.1) is 6.92 Å². The molecular formula is C17H33N. The molecule has 0 saturated carbocycles. The molecule has 1 N–H and O–H groups in total. The second-order valence-corrected chi connectivity index (χ2v) is 3.82. The Morgan fingerprint density at radius 2 is 1.17 bits per heavy atom. The zero-order chi connectivity index (χ0) is 14.1. The van der Waals surface area contributed by atoms with Gasteiger partial charge in [0.15, 0.2) is 0 Å². The summed E-state index contributed by atoms with van der Waals surface area (Å²) in [6.45, 7) is 12.6. The van der Waals surface area contributed by atoms with Crippen LogP contribution in [0.15, 0.2) is 30.3 Å². The van der Waals surface area contributed by atoms with E-state index in [0.29, 0.717) is 0 Å². The minimum atomic E-state index is 1.25. The summed E-state index contributed by atoms with van der Waals surface area (Å²) >= 11 is 0. The first-order chi connectivity index (χ1) is 8.89. The lowest BCUT2D eigenvalue weighted by Crippen LogP contribution is -2.12. The van der Waals surface area contributed by atoms with E-state index in [9.17, 15) is 0 Å². The summed E-state index contributed by atoms with van der Waals surface area (Å²) in [5.41, 5.74) is 1.32. The lowest BCUT2D eigenvalue weighted by Gasteiger charge is -1.91. The van der Waals surface area contributed by atoms with Crippen LogP contribution in [0.4, 0.5) is 0 Å². The Balaban J connectivity index is 0. The van der Waals surface area contributed by atoms with Crippen molar-refractivity contribution < 1.29 is 0 Å². The van der Waals surface area contributed by atoms with Crippen molar-refractivity contribution in [3.63, 3.8) is 0 Å². The first kappa shape index (κ1) is 19.5. The largest absolute Gasteiger partial charge is 0.317 e. The van der Waals surface area contributed by atoms with Crippen molar-refractivity contribution in [1.29, 1.82) is 0 Å². The van der Waals surface area contributed by atoms with Crippen LogP contribution in [0.25, 0.3) is 0 Å². The van der Waals surface area contributed by atoms with Crippen LogP contribution in [0.2, 0.25) is 0 Å². The van der Waals surface area contributed by atoms with Crippen LogP contribution in [0.5, 0.6) is 0 Å². The van der Waals surface area contributed by atoms with Gasteiger partial charge in [0.1, 0.15) is 0 Å². The smallest absolute Gasteiger partial charge is 0.00489 e. The molecule has 0 aliphatic carbocycles. The lowest BCUT2D eigenvalue weighted by atomic mass is 10.2. The summed E-state index contributed by atoms with van der Waals surface area (Å²) < 4.78 is 0. The second-order valence-electron chi connectivity index (χ2n) is 3.82. The molecule has 2 rings (SSSR count). The monoisotopic (exact) mass is 251 g/mol. The Hall–Kier alpha value is -0.820. The van der Waals surface area contributed by atoms with Gasteiger partial charge in [-0.2, -0.15) is 0 Å². The number of rotatable bonds is 0. The summed E-state index contributed by atoms with van der Waals surface area (Å²) in [6, 6.07) is 10.3. The summed E-state index contributed by atoms with van der Waals surface area (Å²) in [6.07, 6.45) is 5.65. The van der Waals surface area contributed by atoms with Gasteiger partial charge >= 0.3 is 0 Å². The van der Waals surface area contributed by atoms with Crippen molar-refractivity contribution in [3.05, 3.63) is 35.9 Å². The molecule has 1 aliphatic rings. The Morgan fingerprint density at radius 3 is 1.50 bits per heavy atom. The predicted octanol–water partition coefficient (Wildman–Crippen LogP) is 5.20. The first-order valence-corrected chi connectivity index (χ1v) is 7.62. The number of benzene rings is 1. The standard InChI is InChI=1S/C7H8.C6H13N.2C2H6/c1-7-5-3-2-4-6-7;1-2-4-6-7-5-3-1;2*1-2/h2-6H,1H3;7H,1-6H2;2*1-2H3.